The highest BCUT2D eigenvalue weighted by atomic mass is 16.5. The van der Waals surface area contributed by atoms with Crippen molar-refractivity contribution in [3.8, 4) is 0 Å². The maximum atomic E-state index is 5.49. The van der Waals surface area contributed by atoms with Gasteiger partial charge in [0.2, 0.25) is 0 Å². The van der Waals surface area contributed by atoms with Crippen molar-refractivity contribution in [1.82, 2.24) is 5.32 Å². The van der Waals surface area contributed by atoms with E-state index in [2.05, 4.69) is 32.7 Å². The van der Waals surface area contributed by atoms with Gasteiger partial charge in [0.05, 0.1) is 6.61 Å². The van der Waals surface area contributed by atoms with E-state index in [0.717, 1.165) is 32.6 Å². The summed E-state index contributed by atoms with van der Waals surface area (Å²) >= 11 is 0. The van der Waals surface area contributed by atoms with Crippen molar-refractivity contribution < 1.29 is 4.74 Å². The summed E-state index contributed by atoms with van der Waals surface area (Å²) in [6.45, 7) is 12.9. The van der Waals surface area contributed by atoms with E-state index < -0.39 is 0 Å². The first kappa shape index (κ1) is 12.7. The molecule has 0 amide bonds. The normalized spacial score (nSPS) is 12.8. The molecule has 1 atom stereocenters. The zero-order chi connectivity index (χ0) is 10.1. The van der Waals surface area contributed by atoms with Crippen LogP contribution in [0.4, 0.5) is 0 Å². The highest BCUT2D eigenvalue weighted by Crippen LogP contribution is 2.02. The molecule has 0 radical (unpaired) electrons. The molecule has 0 heterocycles. The van der Waals surface area contributed by atoms with Gasteiger partial charge in [-0.1, -0.05) is 19.4 Å². The van der Waals surface area contributed by atoms with Crippen molar-refractivity contribution in [2.45, 2.75) is 39.7 Å². The van der Waals surface area contributed by atoms with E-state index in [0.29, 0.717) is 6.04 Å². The lowest BCUT2D eigenvalue weighted by atomic mass is 10.1. The van der Waals surface area contributed by atoms with Crippen LogP contribution in [-0.2, 0) is 4.74 Å². The minimum absolute atomic E-state index is 0.439. The molecule has 0 aliphatic heterocycles. The van der Waals surface area contributed by atoms with Gasteiger partial charge in [-0.25, -0.2) is 0 Å². The molecule has 0 fully saturated rings. The van der Waals surface area contributed by atoms with Crippen LogP contribution in [0.5, 0.6) is 0 Å². The van der Waals surface area contributed by atoms with Crippen LogP contribution < -0.4 is 5.32 Å². The Kier molecular flexibility index (Phi) is 8.05. The summed E-state index contributed by atoms with van der Waals surface area (Å²) in [6, 6.07) is 0.439. The van der Waals surface area contributed by atoms with Crippen LogP contribution in [-0.4, -0.2) is 25.8 Å². The lowest BCUT2D eigenvalue weighted by Crippen LogP contribution is -2.33. The fourth-order valence-electron chi connectivity index (χ4n) is 1.27. The first-order valence-electron chi connectivity index (χ1n) is 5.16. The van der Waals surface area contributed by atoms with Crippen molar-refractivity contribution in [3.05, 3.63) is 12.2 Å². The van der Waals surface area contributed by atoms with Crippen molar-refractivity contribution in [3.63, 3.8) is 0 Å². The lowest BCUT2D eigenvalue weighted by molar-refractivity contribution is 0.112. The predicted octanol–water partition coefficient (Wildman–Crippen LogP) is 2.36. The Balaban J connectivity index is 3.59. The van der Waals surface area contributed by atoms with Gasteiger partial charge in [-0.2, -0.15) is 0 Å². The number of ether oxygens (including phenoxy) is 1. The summed E-state index contributed by atoms with van der Waals surface area (Å²) in [5, 5.41) is 3.39. The summed E-state index contributed by atoms with van der Waals surface area (Å²) in [5.74, 6) is 0. The second kappa shape index (κ2) is 8.27. The summed E-state index contributed by atoms with van der Waals surface area (Å²) in [5.41, 5.74) is 1.21. The van der Waals surface area contributed by atoms with E-state index in [9.17, 15) is 0 Å². The molecular weight excluding hydrogens is 162 g/mol. The Hall–Kier alpha value is -0.340. The molecule has 0 aliphatic rings. The number of hydrogen-bond acceptors (Lipinski definition) is 2. The van der Waals surface area contributed by atoms with Crippen LogP contribution in [0, 0.1) is 0 Å². The first-order chi connectivity index (χ1) is 6.20. The van der Waals surface area contributed by atoms with Gasteiger partial charge >= 0.3 is 0 Å². The minimum Gasteiger partial charge on any atom is -0.380 e. The SMILES string of the molecule is C=C(C)CC(COCCC)NCC. The maximum absolute atomic E-state index is 5.49. The maximum Gasteiger partial charge on any atom is 0.0622 e. The molecule has 0 spiro atoms. The number of likely N-dealkylation sites (N-methyl/N-ethyl adjacent to an activating group) is 1. The molecule has 2 heteroatoms. The summed E-state index contributed by atoms with van der Waals surface area (Å²) in [4.78, 5) is 0. The Morgan fingerprint density at radius 3 is 2.62 bits per heavy atom. The molecule has 0 saturated carbocycles. The third kappa shape index (κ3) is 8.00. The molecule has 2 nitrogen and oxygen atoms in total. The third-order valence-electron chi connectivity index (χ3n) is 1.76. The van der Waals surface area contributed by atoms with Crippen LogP contribution in [0.25, 0.3) is 0 Å². The summed E-state index contributed by atoms with van der Waals surface area (Å²) in [7, 11) is 0. The molecule has 0 aliphatic carbocycles. The topological polar surface area (TPSA) is 21.3 Å². The zero-order valence-corrected chi connectivity index (χ0v) is 9.23. The highest BCUT2D eigenvalue weighted by molar-refractivity contribution is 4.92. The van der Waals surface area contributed by atoms with Gasteiger partial charge in [-0.3, -0.25) is 0 Å². The van der Waals surface area contributed by atoms with E-state index >= 15 is 0 Å². The summed E-state index contributed by atoms with van der Waals surface area (Å²) in [6.07, 6.45) is 2.10. The van der Waals surface area contributed by atoms with E-state index in [-0.39, 0.29) is 0 Å². The van der Waals surface area contributed by atoms with Gasteiger partial charge in [0, 0.05) is 12.6 Å². The second-order valence-corrected chi connectivity index (χ2v) is 3.49. The van der Waals surface area contributed by atoms with Gasteiger partial charge in [-0.15, -0.1) is 6.58 Å². The second-order valence-electron chi connectivity index (χ2n) is 3.49. The van der Waals surface area contributed by atoms with Gasteiger partial charge in [0.1, 0.15) is 0 Å². The standard InChI is InChI=1S/C11H23NO/c1-5-7-13-9-11(12-6-2)8-10(3)4/h11-12H,3,5-9H2,1-2,4H3. The number of hydrogen-bond donors (Lipinski definition) is 1. The van der Waals surface area contributed by atoms with E-state index in [1.54, 1.807) is 0 Å². The zero-order valence-electron chi connectivity index (χ0n) is 9.23. The van der Waals surface area contributed by atoms with Crippen molar-refractivity contribution in [2.75, 3.05) is 19.8 Å². The van der Waals surface area contributed by atoms with E-state index in [4.69, 9.17) is 4.74 Å². The fourth-order valence-corrected chi connectivity index (χ4v) is 1.27. The Bertz CT molecular complexity index is 134. The molecule has 0 rings (SSSR count). The van der Waals surface area contributed by atoms with Crippen LogP contribution in [0.2, 0.25) is 0 Å². The third-order valence-corrected chi connectivity index (χ3v) is 1.76. The molecule has 0 aromatic carbocycles. The first-order valence-corrected chi connectivity index (χ1v) is 5.16. The van der Waals surface area contributed by atoms with E-state index in [1.165, 1.54) is 5.57 Å². The number of nitrogens with one attached hydrogen (secondary N) is 1. The smallest absolute Gasteiger partial charge is 0.0622 e. The monoisotopic (exact) mass is 185 g/mol. The van der Waals surface area contributed by atoms with Crippen molar-refractivity contribution in [1.29, 1.82) is 0 Å². The summed E-state index contributed by atoms with van der Waals surface area (Å²) < 4.78 is 5.49. The minimum atomic E-state index is 0.439. The van der Waals surface area contributed by atoms with Crippen LogP contribution in [0.3, 0.4) is 0 Å². The fraction of sp³-hybridized carbons (Fsp3) is 0.818. The molecule has 78 valence electrons. The lowest BCUT2D eigenvalue weighted by Gasteiger charge is -2.17. The van der Waals surface area contributed by atoms with Gasteiger partial charge in [0.25, 0.3) is 0 Å². The van der Waals surface area contributed by atoms with Gasteiger partial charge in [-0.05, 0) is 26.3 Å². The molecule has 13 heavy (non-hydrogen) atoms. The molecule has 1 N–H and O–H groups in total. The van der Waals surface area contributed by atoms with Crippen LogP contribution in [0.1, 0.15) is 33.6 Å². The molecule has 0 aromatic rings. The quantitative estimate of drug-likeness (QED) is 0.463. The Labute approximate surface area is 82.4 Å². The van der Waals surface area contributed by atoms with Crippen molar-refractivity contribution in [2.24, 2.45) is 0 Å². The molecular formula is C11H23NO. The number of rotatable bonds is 8. The molecule has 0 bridgehead atoms. The largest absolute Gasteiger partial charge is 0.380 e. The highest BCUT2D eigenvalue weighted by Gasteiger charge is 2.06. The average Bonchev–Trinajstić information content (AvgIpc) is 2.04. The average molecular weight is 185 g/mol. The van der Waals surface area contributed by atoms with Crippen molar-refractivity contribution >= 4 is 0 Å². The Morgan fingerprint density at radius 1 is 1.46 bits per heavy atom. The predicted molar refractivity (Wildman–Crippen MR) is 58.0 cm³/mol. The molecule has 0 saturated heterocycles. The Morgan fingerprint density at radius 2 is 2.15 bits per heavy atom. The molecule has 0 aromatic heterocycles. The van der Waals surface area contributed by atoms with Gasteiger partial charge < -0.3 is 10.1 Å². The van der Waals surface area contributed by atoms with Crippen LogP contribution in [0.15, 0.2) is 12.2 Å². The van der Waals surface area contributed by atoms with Gasteiger partial charge in [0.15, 0.2) is 0 Å². The molecule has 1 unspecified atom stereocenters. The van der Waals surface area contributed by atoms with Crippen LogP contribution >= 0.6 is 0 Å². The van der Waals surface area contributed by atoms with E-state index in [1.807, 2.05) is 0 Å².